The second-order valence-electron chi connectivity index (χ2n) is 5.59. The predicted molar refractivity (Wildman–Crippen MR) is 92.6 cm³/mol. The first-order chi connectivity index (χ1) is 11.7. The highest BCUT2D eigenvalue weighted by molar-refractivity contribution is 5.94. The molecule has 0 aliphatic heterocycles. The van der Waals surface area contributed by atoms with Gasteiger partial charge in [-0.3, -0.25) is 14.5 Å². The Morgan fingerprint density at radius 2 is 1.71 bits per heavy atom. The van der Waals surface area contributed by atoms with Crippen molar-refractivity contribution >= 4 is 17.2 Å². The van der Waals surface area contributed by atoms with E-state index in [1.807, 2.05) is 37.6 Å². The van der Waals surface area contributed by atoms with Crippen LogP contribution in [0.2, 0.25) is 0 Å². The molecule has 3 aromatic heterocycles. The Hall–Kier alpha value is -3.34. The lowest BCUT2D eigenvalue weighted by Crippen LogP contribution is -1.91. The zero-order chi connectivity index (χ0) is 16.5. The minimum atomic E-state index is 0.418. The number of carbonyl (C=O) groups is 1. The molecule has 0 radical (unpaired) electrons. The summed E-state index contributed by atoms with van der Waals surface area (Å²) in [5.74, 6) is 0. The number of aromatic nitrogens is 4. The van der Waals surface area contributed by atoms with Gasteiger partial charge in [-0.2, -0.15) is 5.10 Å². The third-order valence-electron chi connectivity index (χ3n) is 3.98. The molecule has 0 fully saturated rings. The molecule has 5 nitrogen and oxygen atoms in total. The quantitative estimate of drug-likeness (QED) is 0.543. The number of carbonyl (C=O) groups excluding carboxylic acids is 1. The zero-order valence-corrected chi connectivity index (χ0v) is 13.0. The van der Waals surface area contributed by atoms with Gasteiger partial charge in [-0.1, -0.05) is 24.3 Å². The monoisotopic (exact) mass is 314 g/mol. The van der Waals surface area contributed by atoms with Crippen LogP contribution in [0.3, 0.4) is 0 Å². The van der Waals surface area contributed by atoms with Crippen LogP contribution in [-0.4, -0.2) is 26.0 Å². The van der Waals surface area contributed by atoms with Crippen molar-refractivity contribution in [2.24, 2.45) is 7.05 Å². The van der Waals surface area contributed by atoms with Crippen molar-refractivity contribution < 1.29 is 4.79 Å². The summed E-state index contributed by atoms with van der Waals surface area (Å²) in [5.41, 5.74) is 5.29. The second kappa shape index (κ2) is 5.70. The molecular formula is C19H14N4O. The van der Waals surface area contributed by atoms with Gasteiger partial charge in [0.05, 0.1) is 11.7 Å². The zero-order valence-electron chi connectivity index (χ0n) is 13.0. The Morgan fingerprint density at radius 3 is 2.42 bits per heavy atom. The SMILES string of the molecule is Cn1cc(-c2ccc(-c3cncc4ccc(C=O)nc34)cc2)cn1. The summed E-state index contributed by atoms with van der Waals surface area (Å²) in [6.07, 6.45) is 8.11. The molecule has 0 saturated heterocycles. The van der Waals surface area contributed by atoms with Crippen molar-refractivity contribution in [3.63, 3.8) is 0 Å². The minimum absolute atomic E-state index is 0.418. The van der Waals surface area contributed by atoms with Crippen LogP contribution in [-0.2, 0) is 7.05 Å². The average Bonchev–Trinajstić information content (AvgIpc) is 3.07. The van der Waals surface area contributed by atoms with Crippen molar-refractivity contribution in [1.29, 1.82) is 0 Å². The number of fused-ring (bicyclic) bond motifs is 1. The maximum atomic E-state index is 11.0. The smallest absolute Gasteiger partial charge is 0.168 e. The molecule has 0 amide bonds. The summed E-state index contributed by atoms with van der Waals surface area (Å²) >= 11 is 0. The molecule has 0 aliphatic rings. The number of pyridine rings is 2. The van der Waals surface area contributed by atoms with Crippen molar-refractivity contribution in [2.75, 3.05) is 0 Å². The van der Waals surface area contributed by atoms with Gasteiger partial charge in [0, 0.05) is 42.2 Å². The van der Waals surface area contributed by atoms with Gasteiger partial charge in [0.25, 0.3) is 0 Å². The lowest BCUT2D eigenvalue weighted by atomic mass is 10.0. The fourth-order valence-electron chi connectivity index (χ4n) is 2.75. The van der Waals surface area contributed by atoms with Gasteiger partial charge in [-0.05, 0) is 23.3 Å². The highest BCUT2D eigenvalue weighted by Crippen LogP contribution is 2.28. The van der Waals surface area contributed by atoms with Crippen LogP contribution < -0.4 is 0 Å². The van der Waals surface area contributed by atoms with E-state index in [1.165, 1.54) is 0 Å². The fourth-order valence-corrected chi connectivity index (χ4v) is 2.75. The molecule has 0 N–H and O–H groups in total. The standard InChI is InChI=1S/C19H14N4O/c1-23-11-16(9-21-23)13-2-4-14(5-3-13)18-10-20-8-15-6-7-17(12-24)22-19(15)18/h2-12H,1H3. The molecule has 5 heteroatoms. The molecule has 4 rings (SSSR count). The van der Waals surface area contributed by atoms with Gasteiger partial charge in [-0.25, -0.2) is 4.98 Å². The molecule has 0 spiro atoms. The van der Waals surface area contributed by atoms with Gasteiger partial charge in [0.15, 0.2) is 6.29 Å². The summed E-state index contributed by atoms with van der Waals surface area (Å²) in [6, 6.07) is 11.7. The predicted octanol–water partition coefficient (Wildman–Crippen LogP) is 3.51. The van der Waals surface area contributed by atoms with E-state index in [4.69, 9.17) is 0 Å². The van der Waals surface area contributed by atoms with Crippen LogP contribution >= 0.6 is 0 Å². The van der Waals surface area contributed by atoms with Gasteiger partial charge in [0.1, 0.15) is 5.69 Å². The Bertz CT molecular complexity index is 1030. The summed E-state index contributed by atoms with van der Waals surface area (Å²) < 4.78 is 1.78. The topological polar surface area (TPSA) is 60.7 Å². The molecule has 0 aliphatic carbocycles. The van der Waals surface area contributed by atoms with Gasteiger partial charge in [0.2, 0.25) is 0 Å². The van der Waals surface area contributed by atoms with Crippen LogP contribution in [0.25, 0.3) is 33.2 Å². The lowest BCUT2D eigenvalue weighted by molar-refractivity contribution is 0.111. The summed E-state index contributed by atoms with van der Waals surface area (Å²) in [6.45, 7) is 0. The number of rotatable bonds is 3. The molecule has 3 heterocycles. The van der Waals surface area contributed by atoms with E-state index < -0.39 is 0 Å². The van der Waals surface area contributed by atoms with Crippen LogP contribution in [0.4, 0.5) is 0 Å². The summed E-state index contributed by atoms with van der Waals surface area (Å²) in [4.78, 5) is 19.7. The van der Waals surface area contributed by atoms with Gasteiger partial charge in [-0.15, -0.1) is 0 Å². The van der Waals surface area contributed by atoms with Crippen molar-refractivity contribution in [2.45, 2.75) is 0 Å². The third kappa shape index (κ3) is 2.46. The minimum Gasteiger partial charge on any atom is -0.296 e. The second-order valence-corrected chi connectivity index (χ2v) is 5.59. The molecule has 116 valence electrons. The van der Waals surface area contributed by atoms with Crippen molar-refractivity contribution in [3.05, 3.63) is 66.9 Å². The highest BCUT2D eigenvalue weighted by atomic mass is 16.1. The van der Waals surface area contributed by atoms with Gasteiger partial charge >= 0.3 is 0 Å². The Morgan fingerprint density at radius 1 is 0.917 bits per heavy atom. The molecule has 0 unspecified atom stereocenters. The largest absolute Gasteiger partial charge is 0.296 e. The number of aldehydes is 1. The van der Waals surface area contributed by atoms with Crippen LogP contribution in [0.1, 0.15) is 10.5 Å². The molecular weight excluding hydrogens is 300 g/mol. The van der Waals surface area contributed by atoms with E-state index >= 15 is 0 Å². The van der Waals surface area contributed by atoms with Crippen molar-refractivity contribution in [1.82, 2.24) is 19.7 Å². The van der Waals surface area contributed by atoms with E-state index in [1.54, 1.807) is 23.1 Å². The molecule has 24 heavy (non-hydrogen) atoms. The first-order valence-corrected chi connectivity index (χ1v) is 7.54. The van der Waals surface area contributed by atoms with E-state index in [0.29, 0.717) is 5.69 Å². The molecule has 0 bridgehead atoms. The maximum absolute atomic E-state index is 11.0. The summed E-state index contributed by atoms with van der Waals surface area (Å²) in [7, 11) is 1.90. The Labute approximate surface area is 138 Å². The molecule has 4 aromatic rings. The summed E-state index contributed by atoms with van der Waals surface area (Å²) in [5, 5.41) is 5.11. The third-order valence-corrected chi connectivity index (χ3v) is 3.98. The van der Waals surface area contributed by atoms with E-state index in [2.05, 4.69) is 27.2 Å². The molecule has 0 atom stereocenters. The van der Waals surface area contributed by atoms with Gasteiger partial charge < -0.3 is 0 Å². The van der Waals surface area contributed by atoms with Crippen molar-refractivity contribution in [3.8, 4) is 22.3 Å². The number of hydrogen-bond acceptors (Lipinski definition) is 4. The maximum Gasteiger partial charge on any atom is 0.168 e. The highest BCUT2D eigenvalue weighted by Gasteiger charge is 2.08. The van der Waals surface area contributed by atoms with E-state index in [-0.39, 0.29) is 0 Å². The van der Waals surface area contributed by atoms with Crippen LogP contribution in [0.5, 0.6) is 0 Å². The number of nitrogens with zero attached hydrogens (tertiary/aromatic N) is 4. The first-order valence-electron chi connectivity index (χ1n) is 7.54. The normalized spacial score (nSPS) is 10.9. The van der Waals surface area contributed by atoms with Crippen LogP contribution in [0, 0.1) is 0 Å². The van der Waals surface area contributed by atoms with E-state index in [9.17, 15) is 4.79 Å². The molecule has 0 saturated carbocycles. The number of hydrogen-bond donors (Lipinski definition) is 0. The fraction of sp³-hybridized carbons (Fsp3) is 0.0526. The molecule has 1 aromatic carbocycles. The van der Waals surface area contributed by atoms with E-state index in [0.717, 1.165) is 39.4 Å². The Balaban J connectivity index is 1.81. The van der Waals surface area contributed by atoms with Crippen LogP contribution in [0.15, 0.2) is 61.2 Å². The number of aryl methyl sites for hydroxylation is 1. The number of benzene rings is 1. The average molecular weight is 314 g/mol. The lowest BCUT2D eigenvalue weighted by Gasteiger charge is -2.07. The Kier molecular flexibility index (Phi) is 3.39. The first kappa shape index (κ1) is 14.3.